The summed E-state index contributed by atoms with van der Waals surface area (Å²) in [5, 5.41) is 12.4. The van der Waals surface area contributed by atoms with Gasteiger partial charge in [-0.3, -0.25) is 4.72 Å². The lowest BCUT2D eigenvalue weighted by Gasteiger charge is -2.30. The summed E-state index contributed by atoms with van der Waals surface area (Å²) in [6.45, 7) is 5.25. The summed E-state index contributed by atoms with van der Waals surface area (Å²) in [5.41, 5.74) is 2.58. The molecule has 1 atom stereocenters. The van der Waals surface area contributed by atoms with Crippen LogP contribution in [-0.4, -0.2) is 52.2 Å². The van der Waals surface area contributed by atoms with Gasteiger partial charge in [-0.25, -0.2) is 17.8 Å². The zero-order valence-electron chi connectivity index (χ0n) is 21.8. The van der Waals surface area contributed by atoms with Crippen LogP contribution in [0, 0.1) is 12.7 Å². The number of nitrogens with zero attached hydrogens (tertiary/aromatic N) is 1. The third-order valence-corrected chi connectivity index (χ3v) is 8.96. The molecule has 0 spiro atoms. The third kappa shape index (κ3) is 7.43. The van der Waals surface area contributed by atoms with Crippen molar-refractivity contribution in [3.05, 3.63) is 64.9 Å². The fourth-order valence-corrected chi connectivity index (χ4v) is 6.76. The Kier molecular flexibility index (Phi) is 9.59. The second-order valence-corrected chi connectivity index (χ2v) is 12.2. The predicted molar refractivity (Wildman–Crippen MR) is 151 cm³/mol. The molecule has 1 saturated heterocycles. The number of hydrogen-bond donors (Lipinski definition) is 4. The summed E-state index contributed by atoms with van der Waals surface area (Å²) >= 11 is 1.14. The lowest BCUT2D eigenvalue weighted by molar-refractivity contribution is 0.347. The lowest BCUT2D eigenvalue weighted by atomic mass is 9.89. The minimum absolute atomic E-state index is 0.0513. The summed E-state index contributed by atoms with van der Waals surface area (Å²) in [7, 11) is -2.36. The molecule has 11 heteroatoms. The molecule has 1 aliphatic heterocycles. The fraction of sp³-hybridized carbons (Fsp3) is 0.444. The van der Waals surface area contributed by atoms with E-state index in [2.05, 4.69) is 37.8 Å². The van der Waals surface area contributed by atoms with Crippen molar-refractivity contribution in [2.45, 2.75) is 49.5 Å². The highest BCUT2D eigenvalue weighted by Gasteiger charge is 2.33. The maximum atomic E-state index is 14.7. The highest BCUT2D eigenvalue weighted by atomic mass is 32.2. The number of nitrogens with one attached hydrogen (secondary N) is 4. The van der Waals surface area contributed by atoms with Gasteiger partial charge in [0.25, 0.3) is 10.0 Å². The molecule has 0 saturated carbocycles. The lowest BCUT2D eigenvalue weighted by Crippen LogP contribution is -2.50. The number of methoxy groups -OCH3 is 1. The average Bonchev–Trinajstić information content (AvgIpc) is 3.57. The van der Waals surface area contributed by atoms with Crippen LogP contribution in [0.4, 0.5) is 15.2 Å². The molecule has 206 valence electrons. The van der Waals surface area contributed by atoms with Crippen molar-refractivity contribution in [1.82, 2.24) is 15.6 Å². The van der Waals surface area contributed by atoms with Crippen LogP contribution >= 0.6 is 11.3 Å². The largest absolute Gasteiger partial charge is 0.497 e. The normalized spacial score (nSPS) is 17.4. The number of hydrogen-bond acceptors (Lipinski definition) is 8. The van der Waals surface area contributed by atoms with Crippen LogP contribution in [0.15, 0.2) is 52.9 Å². The molecule has 1 aliphatic rings. The smallest absolute Gasteiger partial charge is 0.266 e. The monoisotopic (exact) mass is 561 g/mol. The highest BCUT2D eigenvalue weighted by Crippen LogP contribution is 2.27. The second-order valence-electron chi connectivity index (χ2n) is 9.69. The van der Waals surface area contributed by atoms with Crippen molar-refractivity contribution in [3.63, 3.8) is 0 Å². The van der Waals surface area contributed by atoms with E-state index in [4.69, 9.17) is 4.74 Å². The Labute approximate surface area is 228 Å². The molecule has 0 bridgehead atoms. The molecule has 3 aromatic rings. The maximum Gasteiger partial charge on any atom is 0.266 e. The summed E-state index contributed by atoms with van der Waals surface area (Å²) in [5.74, 6) is 0.0871. The van der Waals surface area contributed by atoms with Gasteiger partial charge in [0, 0.05) is 35.9 Å². The Hall–Kier alpha value is -2.73. The highest BCUT2D eigenvalue weighted by molar-refractivity contribution is 7.93. The van der Waals surface area contributed by atoms with E-state index < -0.39 is 15.8 Å². The van der Waals surface area contributed by atoms with E-state index in [9.17, 15) is 12.8 Å². The molecule has 8 nitrogen and oxygen atoms in total. The molecular weight excluding hydrogens is 525 g/mol. The number of unbranched alkanes of at least 4 members (excludes halogenated alkanes) is 1. The van der Waals surface area contributed by atoms with Gasteiger partial charge in [0.1, 0.15) is 16.5 Å². The van der Waals surface area contributed by atoms with Gasteiger partial charge in [-0.15, -0.1) is 11.3 Å². The van der Waals surface area contributed by atoms with Crippen LogP contribution in [-0.2, 0) is 16.4 Å². The molecule has 1 fully saturated rings. The van der Waals surface area contributed by atoms with Gasteiger partial charge in [-0.2, -0.15) is 0 Å². The first kappa shape index (κ1) is 28.3. The number of thiazole rings is 1. The van der Waals surface area contributed by atoms with Crippen LogP contribution in [0.25, 0.3) is 0 Å². The summed E-state index contributed by atoms with van der Waals surface area (Å²) < 4.78 is 47.6. The van der Waals surface area contributed by atoms with E-state index in [1.54, 1.807) is 19.4 Å². The summed E-state index contributed by atoms with van der Waals surface area (Å²) in [6.07, 6.45) is 6.61. The molecule has 0 radical (unpaired) electrons. The minimum atomic E-state index is -4.05. The Bertz CT molecular complexity index is 1300. The van der Waals surface area contributed by atoms with E-state index in [-0.39, 0.29) is 15.6 Å². The number of aromatic nitrogens is 1. The SMILES string of the molecule is COc1cccc(CC2(CNCCCCNc3cc(F)c(S(=O)(=O)Nc4nccs4)cc3C)CCCN2)c1. The zero-order valence-corrected chi connectivity index (χ0v) is 23.5. The van der Waals surface area contributed by atoms with Gasteiger partial charge in [-0.05, 0) is 87.5 Å². The molecule has 0 amide bonds. The molecule has 4 rings (SSSR count). The Morgan fingerprint density at radius 2 is 2.05 bits per heavy atom. The second kappa shape index (κ2) is 12.9. The molecular formula is C27H36FN5O3S2. The van der Waals surface area contributed by atoms with Gasteiger partial charge in [0.15, 0.2) is 5.13 Å². The number of anilines is 2. The average molecular weight is 562 g/mol. The van der Waals surface area contributed by atoms with Crippen molar-refractivity contribution >= 4 is 32.2 Å². The summed E-state index contributed by atoms with van der Waals surface area (Å²) in [6, 6.07) is 10.9. The number of ether oxygens (including phenoxy) is 1. The van der Waals surface area contributed by atoms with Crippen LogP contribution in [0.1, 0.15) is 36.8 Å². The first-order chi connectivity index (χ1) is 18.3. The van der Waals surface area contributed by atoms with E-state index in [1.165, 1.54) is 30.3 Å². The Morgan fingerprint density at radius 1 is 1.21 bits per heavy atom. The first-order valence-electron chi connectivity index (χ1n) is 12.9. The molecule has 1 unspecified atom stereocenters. The van der Waals surface area contributed by atoms with Crippen LogP contribution in [0.2, 0.25) is 0 Å². The Balaban J connectivity index is 1.22. The van der Waals surface area contributed by atoms with Gasteiger partial charge in [0.05, 0.1) is 7.11 Å². The number of sulfonamides is 1. The van der Waals surface area contributed by atoms with Gasteiger partial charge < -0.3 is 20.7 Å². The Morgan fingerprint density at radius 3 is 2.79 bits per heavy atom. The minimum Gasteiger partial charge on any atom is -0.497 e. The first-order valence-corrected chi connectivity index (χ1v) is 15.2. The predicted octanol–water partition coefficient (Wildman–Crippen LogP) is 4.55. The number of rotatable bonds is 14. The summed E-state index contributed by atoms with van der Waals surface area (Å²) in [4.78, 5) is 3.51. The van der Waals surface area contributed by atoms with Crippen molar-refractivity contribution in [2.75, 3.05) is 43.3 Å². The molecule has 38 heavy (non-hydrogen) atoms. The fourth-order valence-electron chi connectivity index (χ4n) is 4.83. The van der Waals surface area contributed by atoms with Crippen LogP contribution in [0.3, 0.4) is 0 Å². The van der Waals surface area contributed by atoms with Crippen molar-refractivity contribution in [3.8, 4) is 5.75 Å². The van der Waals surface area contributed by atoms with E-state index >= 15 is 0 Å². The van der Waals surface area contributed by atoms with Crippen LogP contribution < -0.4 is 25.4 Å². The van der Waals surface area contributed by atoms with E-state index in [0.29, 0.717) is 17.8 Å². The molecule has 2 heterocycles. The quantitative estimate of drug-likeness (QED) is 0.214. The standard InChI is InChI=1S/C27H36FN5O3S2/c1-20-15-25(38(34,35)33-26-31-13-14-37-26)23(28)17-24(20)30-11-4-3-10-29-19-27(9-6-12-32-27)18-21-7-5-8-22(16-21)36-2/h5,7-8,13-17,29-30,32H,3-4,6,9-12,18-19H2,1-2H3,(H,31,33). The zero-order chi connectivity index (χ0) is 27.0. The molecule has 4 N–H and O–H groups in total. The van der Waals surface area contributed by atoms with E-state index in [1.807, 2.05) is 12.1 Å². The van der Waals surface area contributed by atoms with Crippen molar-refractivity contribution in [1.29, 1.82) is 0 Å². The third-order valence-electron chi connectivity index (χ3n) is 6.79. The maximum absolute atomic E-state index is 14.7. The topological polar surface area (TPSA) is 104 Å². The van der Waals surface area contributed by atoms with Crippen molar-refractivity contribution < 1.29 is 17.5 Å². The molecule has 1 aromatic heterocycles. The van der Waals surface area contributed by atoms with Gasteiger partial charge >= 0.3 is 0 Å². The number of aryl methyl sites for hydroxylation is 1. The number of benzene rings is 2. The molecule has 2 aromatic carbocycles. The van der Waals surface area contributed by atoms with Gasteiger partial charge in [-0.1, -0.05) is 12.1 Å². The van der Waals surface area contributed by atoms with Gasteiger partial charge in [0.2, 0.25) is 0 Å². The van der Waals surface area contributed by atoms with E-state index in [0.717, 1.165) is 62.4 Å². The number of halogens is 1. The van der Waals surface area contributed by atoms with Crippen molar-refractivity contribution in [2.24, 2.45) is 0 Å². The molecule has 0 aliphatic carbocycles. The van der Waals surface area contributed by atoms with Crippen LogP contribution in [0.5, 0.6) is 5.75 Å².